The molecule has 1 fully saturated rings. The molecule has 38 heavy (non-hydrogen) atoms. The lowest BCUT2D eigenvalue weighted by Gasteiger charge is -2.32. The van der Waals surface area contributed by atoms with Crippen molar-refractivity contribution in [3.05, 3.63) is 132 Å². The Kier molecular flexibility index (Phi) is 6.47. The number of hydrogen-bond donors (Lipinski definition) is 0. The van der Waals surface area contributed by atoms with Crippen LogP contribution in [0, 0.1) is 0 Å². The van der Waals surface area contributed by atoms with Crippen LogP contribution in [-0.4, -0.2) is 9.52 Å². The van der Waals surface area contributed by atoms with Crippen molar-refractivity contribution in [1.29, 1.82) is 0 Å². The zero-order chi connectivity index (χ0) is 25.3. The van der Waals surface area contributed by atoms with Crippen LogP contribution in [0.5, 0.6) is 0 Å². The van der Waals surface area contributed by atoms with Gasteiger partial charge in [0.15, 0.2) is 0 Å². The summed E-state index contributed by atoms with van der Waals surface area (Å²) in [6.07, 6.45) is 15.3. The van der Waals surface area contributed by atoms with E-state index in [1.165, 1.54) is 71.9 Å². The van der Waals surface area contributed by atoms with E-state index in [0.29, 0.717) is 5.92 Å². The highest BCUT2D eigenvalue weighted by atomic mass is 28.2. The second-order valence-electron chi connectivity index (χ2n) is 11.5. The van der Waals surface area contributed by atoms with Crippen molar-refractivity contribution >= 4 is 9.52 Å². The van der Waals surface area contributed by atoms with Crippen LogP contribution >= 0.6 is 0 Å². The minimum atomic E-state index is -0.317. The number of benzene rings is 4. The van der Waals surface area contributed by atoms with Crippen LogP contribution in [0.25, 0.3) is 33.4 Å². The quantitative estimate of drug-likeness (QED) is 0.241. The van der Waals surface area contributed by atoms with Gasteiger partial charge < -0.3 is 0 Å². The summed E-state index contributed by atoms with van der Waals surface area (Å²) in [5, 5.41) is 0. The normalized spacial score (nSPS) is 21.5. The summed E-state index contributed by atoms with van der Waals surface area (Å²) >= 11 is 0. The summed E-state index contributed by atoms with van der Waals surface area (Å²) in [5.41, 5.74) is 14.9. The predicted octanol–water partition coefficient (Wildman–Crippen LogP) is 9.73. The number of rotatable bonds is 4. The molecule has 0 saturated carbocycles. The summed E-state index contributed by atoms with van der Waals surface area (Å²) in [7, 11) is -0.317. The van der Waals surface area contributed by atoms with Gasteiger partial charge in [-0.3, -0.25) is 0 Å². The first-order chi connectivity index (χ1) is 18.8. The summed E-state index contributed by atoms with van der Waals surface area (Å²) in [5.74, 6) is 0.523. The third-order valence-corrected chi connectivity index (χ3v) is 12.3. The fraction of sp³-hybridized carbons (Fsp3) is 0.243. The fourth-order valence-corrected chi connectivity index (χ4v) is 10.6. The van der Waals surface area contributed by atoms with Crippen molar-refractivity contribution in [2.75, 3.05) is 0 Å². The summed E-state index contributed by atoms with van der Waals surface area (Å²) < 4.78 is 0. The van der Waals surface area contributed by atoms with Crippen LogP contribution in [0.3, 0.4) is 0 Å². The number of allylic oxidation sites excluding steroid dienone is 4. The molecule has 0 spiro atoms. The lowest BCUT2D eigenvalue weighted by Crippen LogP contribution is -2.21. The van der Waals surface area contributed by atoms with Crippen molar-refractivity contribution in [3.8, 4) is 33.4 Å². The zero-order valence-electron chi connectivity index (χ0n) is 22.2. The van der Waals surface area contributed by atoms with Crippen LogP contribution in [0.4, 0.5) is 0 Å². The molecule has 1 aliphatic heterocycles. The standard InChI is InChI=1S/C37H36Si/c1-4-12-26(13-5-1)29-20-22-31-32-23-21-30(27-14-6-2-7-15-27)25-34(32)37(33(31)24-29)36-19-9-3-8-18-35(38-36)28-16-10-11-17-28/h1-2,4-7,10-16,20-25,35-37H,3,8-9,17-19,38H2. The van der Waals surface area contributed by atoms with Crippen molar-refractivity contribution in [2.24, 2.45) is 0 Å². The summed E-state index contributed by atoms with van der Waals surface area (Å²) in [6, 6.07) is 36.6. The maximum atomic E-state index is 2.55. The Labute approximate surface area is 230 Å². The Bertz CT molecular complexity index is 1410. The Balaban J connectivity index is 1.35. The first-order valence-electron chi connectivity index (χ1n) is 14.6. The molecular formula is C37H36Si. The Hall–Kier alpha value is -3.42. The monoisotopic (exact) mass is 508 g/mol. The third kappa shape index (κ3) is 4.44. The van der Waals surface area contributed by atoms with Gasteiger partial charge in [0.1, 0.15) is 0 Å². The van der Waals surface area contributed by atoms with Gasteiger partial charge in [0.25, 0.3) is 0 Å². The van der Waals surface area contributed by atoms with Gasteiger partial charge in [-0.1, -0.05) is 134 Å². The molecule has 0 radical (unpaired) electrons. The minimum Gasteiger partial charge on any atom is -0.0805 e. The van der Waals surface area contributed by atoms with E-state index in [4.69, 9.17) is 0 Å². The van der Waals surface area contributed by atoms with Gasteiger partial charge in [0, 0.05) is 15.4 Å². The van der Waals surface area contributed by atoms with Crippen LogP contribution in [-0.2, 0) is 0 Å². The molecule has 0 bridgehead atoms. The maximum absolute atomic E-state index is 2.55. The third-order valence-electron chi connectivity index (χ3n) is 9.29. The van der Waals surface area contributed by atoms with Crippen LogP contribution < -0.4 is 0 Å². The average Bonchev–Trinajstić information content (AvgIpc) is 3.60. The second-order valence-corrected chi connectivity index (χ2v) is 14.0. The molecule has 0 aromatic heterocycles. The Morgan fingerprint density at radius 3 is 1.76 bits per heavy atom. The molecule has 0 nitrogen and oxygen atoms in total. The van der Waals surface area contributed by atoms with E-state index in [-0.39, 0.29) is 9.52 Å². The molecule has 7 rings (SSSR count). The molecule has 188 valence electrons. The van der Waals surface area contributed by atoms with E-state index in [1.807, 2.05) is 0 Å². The topological polar surface area (TPSA) is 0 Å². The molecule has 4 aromatic carbocycles. The predicted molar refractivity (Wildman–Crippen MR) is 166 cm³/mol. The van der Waals surface area contributed by atoms with E-state index in [1.54, 1.807) is 16.7 Å². The average molecular weight is 509 g/mol. The van der Waals surface area contributed by atoms with Gasteiger partial charge in [-0.2, -0.15) is 0 Å². The maximum Gasteiger partial charge on any atom is 0.0327 e. The first kappa shape index (κ1) is 23.7. The first-order valence-corrected chi connectivity index (χ1v) is 16.2. The number of hydrogen-bond acceptors (Lipinski definition) is 0. The van der Waals surface area contributed by atoms with Crippen molar-refractivity contribution in [3.63, 3.8) is 0 Å². The Morgan fingerprint density at radius 1 is 0.579 bits per heavy atom. The van der Waals surface area contributed by atoms with Gasteiger partial charge in [-0.15, -0.1) is 0 Å². The van der Waals surface area contributed by atoms with E-state index in [9.17, 15) is 0 Å². The molecule has 0 amide bonds. The largest absolute Gasteiger partial charge is 0.0805 e. The zero-order valence-corrected chi connectivity index (χ0v) is 23.6. The summed E-state index contributed by atoms with van der Waals surface area (Å²) in [6.45, 7) is 0. The van der Waals surface area contributed by atoms with Gasteiger partial charge >= 0.3 is 0 Å². The molecule has 1 heterocycles. The molecule has 1 saturated heterocycles. The molecule has 2 unspecified atom stereocenters. The Morgan fingerprint density at radius 2 is 1.18 bits per heavy atom. The highest BCUT2D eigenvalue weighted by Gasteiger charge is 2.37. The summed E-state index contributed by atoms with van der Waals surface area (Å²) in [4.78, 5) is 0. The van der Waals surface area contributed by atoms with Crippen molar-refractivity contribution < 1.29 is 0 Å². The van der Waals surface area contributed by atoms with Crippen LogP contribution in [0.1, 0.15) is 55.6 Å². The highest BCUT2D eigenvalue weighted by molar-refractivity contribution is 6.41. The van der Waals surface area contributed by atoms with Gasteiger partial charge in [-0.05, 0) is 80.6 Å². The second kappa shape index (κ2) is 10.4. The minimum absolute atomic E-state index is 0.317. The lowest BCUT2D eigenvalue weighted by atomic mass is 9.87. The lowest BCUT2D eigenvalue weighted by molar-refractivity contribution is 0.541. The van der Waals surface area contributed by atoms with E-state index >= 15 is 0 Å². The molecule has 3 aliphatic rings. The fourth-order valence-electron chi connectivity index (χ4n) is 7.41. The van der Waals surface area contributed by atoms with E-state index in [0.717, 1.165) is 11.1 Å². The smallest absolute Gasteiger partial charge is 0.0327 e. The molecule has 4 aromatic rings. The van der Waals surface area contributed by atoms with Crippen molar-refractivity contribution in [1.82, 2.24) is 0 Å². The molecule has 2 aliphatic carbocycles. The highest BCUT2D eigenvalue weighted by Crippen LogP contribution is 2.54. The van der Waals surface area contributed by atoms with Crippen molar-refractivity contribution in [2.45, 2.75) is 55.5 Å². The van der Waals surface area contributed by atoms with E-state index in [2.05, 4.69) is 115 Å². The van der Waals surface area contributed by atoms with Gasteiger partial charge in [0.2, 0.25) is 0 Å². The van der Waals surface area contributed by atoms with Crippen LogP contribution in [0.15, 0.2) is 121 Å². The molecule has 0 N–H and O–H groups in total. The van der Waals surface area contributed by atoms with Crippen LogP contribution in [0.2, 0.25) is 11.1 Å². The van der Waals surface area contributed by atoms with Gasteiger partial charge in [-0.25, -0.2) is 0 Å². The van der Waals surface area contributed by atoms with E-state index < -0.39 is 0 Å². The number of fused-ring (bicyclic) bond motifs is 3. The molecular weight excluding hydrogens is 472 g/mol. The molecule has 2 atom stereocenters. The van der Waals surface area contributed by atoms with Gasteiger partial charge in [0.05, 0.1) is 0 Å². The molecule has 1 heteroatoms. The SMILES string of the molecule is C1=CCC(C2CCCCCC(C3c4cc(-c5ccccc5)ccc4-c4ccc(-c5ccccc5)cc43)[SiH2]2)=C1.